The van der Waals surface area contributed by atoms with Crippen molar-refractivity contribution in [1.82, 2.24) is 0 Å². The zero-order chi connectivity index (χ0) is 11.7. The summed E-state index contributed by atoms with van der Waals surface area (Å²) in [7, 11) is -3.59. The van der Waals surface area contributed by atoms with E-state index in [0.29, 0.717) is 6.42 Å². The first-order valence-electron chi connectivity index (χ1n) is 4.59. The van der Waals surface area contributed by atoms with Crippen LogP contribution in [0.15, 0.2) is 29.2 Å². The van der Waals surface area contributed by atoms with Crippen LogP contribution < -0.4 is 10.9 Å². The smallest absolute Gasteiger partial charge is 0.238 e. The molecule has 0 amide bonds. The lowest BCUT2D eigenvalue weighted by Gasteiger charge is -2.18. The summed E-state index contributed by atoms with van der Waals surface area (Å²) in [6.07, 6.45) is 0.692. The van der Waals surface area contributed by atoms with Crippen molar-refractivity contribution in [3.63, 3.8) is 0 Å². The maximum absolute atomic E-state index is 11.0. The second kappa shape index (κ2) is 3.92. The van der Waals surface area contributed by atoms with Crippen LogP contribution in [0.4, 0.5) is 0 Å². The van der Waals surface area contributed by atoms with Crippen molar-refractivity contribution >= 4 is 10.0 Å². The first-order valence-corrected chi connectivity index (χ1v) is 6.14. The molecule has 0 unspecified atom stereocenters. The molecule has 0 saturated carbocycles. The van der Waals surface area contributed by atoms with Gasteiger partial charge in [0, 0.05) is 5.54 Å². The Kier molecular flexibility index (Phi) is 3.18. The molecule has 0 aliphatic carbocycles. The van der Waals surface area contributed by atoms with E-state index < -0.39 is 10.0 Å². The number of hydrogen-bond donors (Lipinski definition) is 2. The summed E-state index contributed by atoms with van der Waals surface area (Å²) in [5.41, 5.74) is 6.54. The fourth-order valence-electron chi connectivity index (χ4n) is 1.32. The van der Waals surface area contributed by atoms with Crippen LogP contribution in [0.3, 0.4) is 0 Å². The third kappa shape index (κ3) is 3.99. The topological polar surface area (TPSA) is 86.2 Å². The number of benzene rings is 1. The Morgan fingerprint density at radius 3 is 2.00 bits per heavy atom. The van der Waals surface area contributed by atoms with E-state index in [0.717, 1.165) is 5.56 Å². The molecule has 0 saturated heterocycles. The van der Waals surface area contributed by atoms with Crippen molar-refractivity contribution in [2.24, 2.45) is 10.9 Å². The molecule has 84 valence electrons. The molecule has 5 heteroatoms. The number of sulfonamides is 1. The van der Waals surface area contributed by atoms with Gasteiger partial charge in [-0.25, -0.2) is 13.6 Å². The summed E-state index contributed by atoms with van der Waals surface area (Å²) < 4.78 is 22.0. The Bertz CT molecular complexity index is 429. The third-order valence-corrected chi connectivity index (χ3v) is 2.84. The quantitative estimate of drug-likeness (QED) is 0.795. The van der Waals surface area contributed by atoms with Gasteiger partial charge in [-0.1, -0.05) is 12.1 Å². The number of rotatable bonds is 3. The lowest BCUT2D eigenvalue weighted by atomic mass is 9.96. The average Bonchev–Trinajstić information content (AvgIpc) is 2.00. The molecule has 0 radical (unpaired) electrons. The fourth-order valence-corrected chi connectivity index (χ4v) is 1.84. The van der Waals surface area contributed by atoms with Crippen molar-refractivity contribution in [3.8, 4) is 0 Å². The largest absolute Gasteiger partial charge is 0.325 e. The van der Waals surface area contributed by atoms with Crippen LogP contribution >= 0.6 is 0 Å². The van der Waals surface area contributed by atoms with E-state index in [9.17, 15) is 8.42 Å². The second-order valence-electron chi connectivity index (χ2n) is 4.35. The minimum absolute atomic E-state index is 0.126. The summed E-state index contributed by atoms with van der Waals surface area (Å²) in [5.74, 6) is 0. The molecular formula is C10H16N2O2S. The minimum Gasteiger partial charge on any atom is -0.325 e. The molecule has 1 rings (SSSR count). The van der Waals surface area contributed by atoms with Crippen molar-refractivity contribution in [1.29, 1.82) is 0 Å². The van der Waals surface area contributed by atoms with Crippen LogP contribution in [0.1, 0.15) is 19.4 Å². The van der Waals surface area contributed by atoms with Crippen LogP contribution in [0.5, 0.6) is 0 Å². The lowest BCUT2D eigenvalue weighted by molar-refractivity contribution is 0.516. The predicted octanol–water partition coefficient (Wildman–Crippen LogP) is 0.614. The Balaban J connectivity index is 2.92. The number of primary sulfonamides is 1. The Hall–Kier alpha value is -0.910. The third-order valence-electron chi connectivity index (χ3n) is 1.91. The summed E-state index contributed by atoms with van der Waals surface area (Å²) in [4.78, 5) is 0.126. The van der Waals surface area contributed by atoms with Gasteiger partial charge in [-0.15, -0.1) is 0 Å². The maximum atomic E-state index is 11.0. The molecule has 0 bridgehead atoms. The van der Waals surface area contributed by atoms with Gasteiger partial charge in [0.2, 0.25) is 10.0 Å². The highest BCUT2D eigenvalue weighted by Gasteiger charge is 2.12. The molecule has 0 atom stereocenters. The van der Waals surface area contributed by atoms with Gasteiger partial charge in [0.05, 0.1) is 4.90 Å². The van der Waals surface area contributed by atoms with E-state index in [4.69, 9.17) is 10.9 Å². The van der Waals surface area contributed by atoms with Crippen molar-refractivity contribution in [3.05, 3.63) is 29.8 Å². The molecule has 0 aromatic heterocycles. The first-order chi connectivity index (χ1) is 6.68. The Morgan fingerprint density at radius 1 is 1.20 bits per heavy atom. The van der Waals surface area contributed by atoms with Crippen LogP contribution in [0, 0.1) is 0 Å². The van der Waals surface area contributed by atoms with Gasteiger partial charge in [0.25, 0.3) is 0 Å². The van der Waals surface area contributed by atoms with Crippen LogP contribution in [0.25, 0.3) is 0 Å². The van der Waals surface area contributed by atoms with Crippen LogP contribution in [0.2, 0.25) is 0 Å². The SMILES string of the molecule is CC(C)(N)Cc1ccc(S(N)(=O)=O)cc1. The van der Waals surface area contributed by atoms with Gasteiger partial charge in [-0.3, -0.25) is 0 Å². The minimum atomic E-state index is -3.59. The highest BCUT2D eigenvalue weighted by Crippen LogP contribution is 2.13. The summed E-state index contributed by atoms with van der Waals surface area (Å²) in [5, 5.41) is 4.98. The summed E-state index contributed by atoms with van der Waals surface area (Å²) >= 11 is 0. The number of nitrogens with two attached hydrogens (primary N) is 2. The van der Waals surface area contributed by atoms with Gasteiger partial charge in [-0.05, 0) is 38.0 Å². The predicted molar refractivity (Wildman–Crippen MR) is 59.8 cm³/mol. The van der Waals surface area contributed by atoms with Crippen molar-refractivity contribution in [2.75, 3.05) is 0 Å². The standard InChI is InChI=1S/C10H16N2O2S/c1-10(2,11)7-8-3-5-9(6-4-8)15(12,13)14/h3-6H,7,11H2,1-2H3,(H2,12,13,14). The lowest BCUT2D eigenvalue weighted by Crippen LogP contribution is -2.34. The van der Waals surface area contributed by atoms with E-state index in [-0.39, 0.29) is 10.4 Å². The zero-order valence-electron chi connectivity index (χ0n) is 8.90. The molecule has 0 fully saturated rings. The molecule has 0 aliphatic rings. The maximum Gasteiger partial charge on any atom is 0.238 e. The Morgan fingerprint density at radius 2 is 1.67 bits per heavy atom. The second-order valence-corrected chi connectivity index (χ2v) is 5.92. The first kappa shape index (κ1) is 12.2. The van der Waals surface area contributed by atoms with E-state index in [1.165, 1.54) is 12.1 Å². The van der Waals surface area contributed by atoms with Crippen LogP contribution in [-0.2, 0) is 16.4 Å². The number of hydrogen-bond acceptors (Lipinski definition) is 3. The molecule has 4 N–H and O–H groups in total. The Labute approximate surface area is 90.3 Å². The summed E-state index contributed by atoms with van der Waals surface area (Å²) in [6, 6.07) is 6.45. The molecule has 15 heavy (non-hydrogen) atoms. The van der Waals surface area contributed by atoms with Gasteiger partial charge < -0.3 is 5.73 Å². The highest BCUT2D eigenvalue weighted by atomic mass is 32.2. The van der Waals surface area contributed by atoms with Crippen LogP contribution in [-0.4, -0.2) is 14.0 Å². The zero-order valence-corrected chi connectivity index (χ0v) is 9.71. The molecule has 1 aromatic carbocycles. The summed E-state index contributed by atoms with van der Waals surface area (Å²) in [6.45, 7) is 3.83. The van der Waals surface area contributed by atoms with Crippen molar-refractivity contribution < 1.29 is 8.42 Å². The van der Waals surface area contributed by atoms with E-state index in [1.807, 2.05) is 13.8 Å². The van der Waals surface area contributed by atoms with E-state index in [2.05, 4.69) is 0 Å². The molecule has 0 heterocycles. The van der Waals surface area contributed by atoms with Gasteiger partial charge in [-0.2, -0.15) is 0 Å². The van der Waals surface area contributed by atoms with Gasteiger partial charge in [0.15, 0.2) is 0 Å². The van der Waals surface area contributed by atoms with E-state index >= 15 is 0 Å². The monoisotopic (exact) mass is 228 g/mol. The molecule has 1 aromatic rings. The van der Waals surface area contributed by atoms with Gasteiger partial charge in [0.1, 0.15) is 0 Å². The molecule has 0 spiro atoms. The van der Waals surface area contributed by atoms with E-state index in [1.54, 1.807) is 12.1 Å². The van der Waals surface area contributed by atoms with Gasteiger partial charge >= 0.3 is 0 Å². The molecular weight excluding hydrogens is 212 g/mol. The fraction of sp³-hybridized carbons (Fsp3) is 0.400. The normalized spacial score (nSPS) is 12.8. The molecule has 0 aliphatic heterocycles. The highest BCUT2D eigenvalue weighted by molar-refractivity contribution is 7.89. The molecule has 4 nitrogen and oxygen atoms in total. The average molecular weight is 228 g/mol. The van der Waals surface area contributed by atoms with Crippen molar-refractivity contribution in [2.45, 2.75) is 30.7 Å².